The molecule has 4 nitrogen and oxygen atoms in total. The molecule has 2 fully saturated rings. The molecule has 0 aromatic heterocycles. The zero-order chi connectivity index (χ0) is 17.7. The molecule has 1 saturated heterocycles. The molecule has 1 aliphatic heterocycles. The molecule has 2 aromatic rings. The molecule has 4 atom stereocenters. The molecule has 0 radical (unpaired) electrons. The molecule has 2 aromatic carbocycles. The number of nitrogens with zero attached hydrogens (tertiary/aromatic N) is 1. The summed E-state index contributed by atoms with van der Waals surface area (Å²) in [5.41, 5.74) is 1.21. The monoisotopic (exact) mass is 346 g/mol. The summed E-state index contributed by atoms with van der Waals surface area (Å²) >= 11 is 0. The van der Waals surface area contributed by atoms with Crippen molar-refractivity contribution in [1.29, 1.82) is 0 Å². The summed E-state index contributed by atoms with van der Waals surface area (Å²) in [7, 11) is 0. The number of likely N-dealkylation sites (tertiary alicyclic amines) is 1. The van der Waals surface area contributed by atoms with Crippen LogP contribution in [-0.4, -0.2) is 29.8 Å². The molecular formula is C22H22N2O2. The van der Waals surface area contributed by atoms with E-state index in [1.165, 1.54) is 21.2 Å². The SMILES string of the molecule is O=C1[C@@H]2[C@H](C(=O)N1CCNCc1ccc3ccccc3c1)[C@H]1C=C[C@@H]2C1. The van der Waals surface area contributed by atoms with Gasteiger partial charge < -0.3 is 5.32 Å². The third-order valence-corrected chi connectivity index (χ3v) is 6.22. The van der Waals surface area contributed by atoms with Crippen LogP contribution in [0.3, 0.4) is 0 Å². The van der Waals surface area contributed by atoms with Crippen molar-refractivity contribution in [3.05, 3.63) is 60.2 Å². The van der Waals surface area contributed by atoms with Gasteiger partial charge in [-0.2, -0.15) is 0 Å². The number of hydrogen-bond donors (Lipinski definition) is 1. The first-order valence-electron chi connectivity index (χ1n) is 9.44. The van der Waals surface area contributed by atoms with E-state index in [2.05, 4.69) is 47.8 Å². The van der Waals surface area contributed by atoms with Crippen molar-refractivity contribution in [1.82, 2.24) is 10.2 Å². The Morgan fingerprint density at radius 2 is 1.62 bits per heavy atom. The van der Waals surface area contributed by atoms with E-state index < -0.39 is 0 Å². The number of nitrogens with one attached hydrogen (secondary N) is 1. The Morgan fingerprint density at radius 3 is 2.35 bits per heavy atom. The van der Waals surface area contributed by atoms with Crippen molar-refractivity contribution >= 4 is 22.6 Å². The molecule has 2 bridgehead atoms. The van der Waals surface area contributed by atoms with Gasteiger partial charge >= 0.3 is 0 Å². The van der Waals surface area contributed by atoms with Gasteiger partial charge in [-0.3, -0.25) is 14.5 Å². The van der Waals surface area contributed by atoms with Crippen molar-refractivity contribution in [3.63, 3.8) is 0 Å². The average Bonchev–Trinajstić information content (AvgIpc) is 3.34. The van der Waals surface area contributed by atoms with E-state index in [-0.39, 0.29) is 35.5 Å². The molecule has 2 amide bonds. The third kappa shape index (κ3) is 2.40. The number of benzene rings is 2. The minimum Gasteiger partial charge on any atom is -0.311 e. The zero-order valence-corrected chi connectivity index (χ0v) is 14.6. The quantitative estimate of drug-likeness (QED) is 0.514. The van der Waals surface area contributed by atoms with Crippen LogP contribution in [0.1, 0.15) is 12.0 Å². The Bertz CT molecular complexity index is 889. The third-order valence-electron chi connectivity index (χ3n) is 6.22. The predicted molar refractivity (Wildman–Crippen MR) is 100 cm³/mol. The molecule has 26 heavy (non-hydrogen) atoms. The number of rotatable bonds is 5. The Balaban J connectivity index is 1.18. The fraction of sp³-hybridized carbons (Fsp3) is 0.364. The number of imide groups is 1. The second kappa shape index (κ2) is 6.06. The number of carbonyl (C=O) groups is 2. The van der Waals surface area contributed by atoms with Gasteiger partial charge in [0.15, 0.2) is 0 Å². The molecule has 3 aliphatic rings. The van der Waals surface area contributed by atoms with Gasteiger partial charge in [0.2, 0.25) is 11.8 Å². The van der Waals surface area contributed by atoms with E-state index in [0.717, 1.165) is 13.0 Å². The number of hydrogen-bond acceptors (Lipinski definition) is 3. The first-order chi connectivity index (χ1) is 12.7. The second-order valence-electron chi connectivity index (χ2n) is 7.69. The first-order valence-corrected chi connectivity index (χ1v) is 9.44. The van der Waals surface area contributed by atoms with Crippen LogP contribution in [0.15, 0.2) is 54.6 Å². The molecular weight excluding hydrogens is 324 g/mol. The minimum absolute atomic E-state index is 0.0457. The summed E-state index contributed by atoms with van der Waals surface area (Å²) in [6, 6.07) is 14.7. The van der Waals surface area contributed by atoms with Crippen molar-refractivity contribution in [2.75, 3.05) is 13.1 Å². The zero-order valence-electron chi connectivity index (χ0n) is 14.6. The van der Waals surface area contributed by atoms with Gasteiger partial charge in [0.1, 0.15) is 0 Å². The molecule has 0 unspecified atom stereocenters. The van der Waals surface area contributed by atoms with Gasteiger partial charge in [-0.1, -0.05) is 48.6 Å². The second-order valence-corrected chi connectivity index (χ2v) is 7.69. The van der Waals surface area contributed by atoms with Gasteiger partial charge in [-0.25, -0.2) is 0 Å². The van der Waals surface area contributed by atoms with Crippen molar-refractivity contribution < 1.29 is 9.59 Å². The molecule has 1 heterocycles. The van der Waals surface area contributed by atoms with E-state index in [4.69, 9.17) is 0 Å². The molecule has 1 N–H and O–H groups in total. The van der Waals surface area contributed by atoms with Crippen LogP contribution in [0.2, 0.25) is 0 Å². The van der Waals surface area contributed by atoms with Crippen molar-refractivity contribution in [3.8, 4) is 0 Å². The van der Waals surface area contributed by atoms with E-state index in [0.29, 0.717) is 13.1 Å². The lowest BCUT2D eigenvalue weighted by Gasteiger charge is -2.17. The first kappa shape index (κ1) is 15.8. The predicted octanol–water partition coefficient (Wildman–Crippen LogP) is 2.74. The van der Waals surface area contributed by atoms with Crippen LogP contribution < -0.4 is 5.32 Å². The number of amides is 2. The Kier molecular flexibility index (Phi) is 3.68. The summed E-state index contributed by atoms with van der Waals surface area (Å²) in [5.74, 6) is 0.499. The number of carbonyl (C=O) groups excluding carboxylic acids is 2. The summed E-state index contributed by atoms with van der Waals surface area (Å²) in [4.78, 5) is 26.8. The molecule has 132 valence electrons. The topological polar surface area (TPSA) is 49.4 Å². The molecule has 4 heteroatoms. The van der Waals surface area contributed by atoms with Gasteiger partial charge in [0.05, 0.1) is 11.8 Å². The van der Waals surface area contributed by atoms with Crippen LogP contribution >= 0.6 is 0 Å². The highest BCUT2D eigenvalue weighted by Gasteiger charge is 2.58. The van der Waals surface area contributed by atoms with Crippen LogP contribution in [-0.2, 0) is 16.1 Å². The Labute approximate surface area is 152 Å². The van der Waals surface area contributed by atoms with Gasteiger partial charge in [0.25, 0.3) is 0 Å². The summed E-state index contributed by atoms with van der Waals surface area (Å²) in [6.07, 6.45) is 5.26. The van der Waals surface area contributed by atoms with E-state index in [9.17, 15) is 9.59 Å². The summed E-state index contributed by atoms with van der Waals surface area (Å²) in [5, 5.41) is 5.84. The van der Waals surface area contributed by atoms with Crippen molar-refractivity contribution in [2.45, 2.75) is 13.0 Å². The molecule has 0 spiro atoms. The highest BCUT2D eigenvalue weighted by molar-refractivity contribution is 6.06. The van der Waals surface area contributed by atoms with E-state index in [1.54, 1.807) is 0 Å². The maximum atomic E-state index is 12.6. The largest absolute Gasteiger partial charge is 0.311 e. The Hall–Kier alpha value is -2.46. The van der Waals surface area contributed by atoms with Crippen LogP contribution in [0, 0.1) is 23.7 Å². The van der Waals surface area contributed by atoms with Crippen molar-refractivity contribution in [2.24, 2.45) is 23.7 Å². The average molecular weight is 346 g/mol. The van der Waals surface area contributed by atoms with Crippen LogP contribution in [0.25, 0.3) is 10.8 Å². The highest BCUT2D eigenvalue weighted by Crippen LogP contribution is 2.52. The normalized spacial score (nSPS) is 29.2. The lowest BCUT2D eigenvalue weighted by Crippen LogP contribution is -2.38. The maximum Gasteiger partial charge on any atom is 0.233 e. The fourth-order valence-corrected chi connectivity index (χ4v) is 4.96. The van der Waals surface area contributed by atoms with E-state index in [1.807, 2.05) is 12.1 Å². The van der Waals surface area contributed by atoms with E-state index >= 15 is 0 Å². The van der Waals surface area contributed by atoms with Crippen LogP contribution in [0.5, 0.6) is 0 Å². The lowest BCUT2D eigenvalue weighted by atomic mass is 9.85. The smallest absolute Gasteiger partial charge is 0.233 e. The Morgan fingerprint density at radius 1 is 0.923 bits per heavy atom. The summed E-state index contributed by atoms with van der Waals surface area (Å²) < 4.78 is 0. The molecule has 2 aliphatic carbocycles. The van der Waals surface area contributed by atoms with Gasteiger partial charge in [-0.15, -0.1) is 0 Å². The molecule has 5 rings (SSSR count). The fourth-order valence-electron chi connectivity index (χ4n) is 4.96. The summed E-state index contributed by atoms with van der Waals surface area (Å²) in [6.45, 7) is 1.84. The standard InChI is InChI=1S/C22H22N2O2/c25-21-19-17-7-8-18(12-17)20(19)22(26)24(21)10-9-23-13-14-5-6-15-3-1-2-4-16(15)11-14/h1-8,11,17-20,23H,9-10,12-13H2/t17-,18+,19+,20-. The lowest BCUT2D eigenvalue weighted by molar-refractivity contribution is -0.140. The number of allylic oxidation sites excluding steroid dienone is 2. The van der Waals surface area contributed by atoms with Gasteiger partial charge in [-0.05, 0) is 40.7 Å². The minimum atomic E-state index is -0.0852. The van der Waals surface area contributed by atoms with Gasteiger partial charge in [0, 0.05) is 19.6 Å². The number of fused-ring (bicyclic) bond motifs is 6. The van der Waals surface area contributed by atoms with Crippen LogP contribution in [0.4, 0.5) is 0 Å². The maximum absolute atomic E-state index is 12.6. The highest BCUT2D eigenvalue weighted by atomic mass is 16.2. The molecule has 1 saturated carbocycles.